The summed E-state index contributed by atoms with van der Waals surface area (Å²) in [5, 5.41) is 12.4. The van der Waals surface area contributed by atoms with Crippen molar-refractivity contribution in [3.8, 4) is 5.75 Å². The number of rotatable bonds is 2. The Kier molecular flexibility index (Phi) is 5.42. The molecule has 176 valence electrons. The van der Waals surface area contributed by atoms with E-state index >= 15 is 0 Å². The van der Waals surface area contributed by atoms with Gasteiger partial charge >= 0.3 is 6.18 Å². The summed E-state index contributed by atoms with van der Waals surface area (Å²) in [5.74, 6) is -5.29. The average molecular weight is 490 g/mol. The van der Waals surface area contributed by atoms with Crippen LogP contribution in [-0.4, -0.2) is 21.3 Å². The van der Waals surface area contributed by atoms with Gasteiger partial charge in [0, 0.05) is 28.9 Å². The number of phenolic OH excluding ortho intramolecular Hbond substituents is 1. The Morgan fingerprint density at radius 1 is 1.18 bits per heavy atom. The van der Waals surface area contributed by atoms with Crippen LogP contribution in [0.3, 0.4) is 0 Å². The molecule has 0 spiro atoms. The second kappa shape index (κ2) is 7.65. The fraction of sp³-hybridized carbons (Fsp3) is 0.364. The van der Waals surface area contributed by atoms with E-state index in [1.54, 1.807) is 0 Å². The van der Waals surface area contributed by atoms with Crippen molar-refractivity contribution < 1.29 is 31.4 Å². The molecule has 0 fully saturated rings. The van der Waals surface area contributed by atoms with Crippen LogP contribution in [0, 0.1) is 29.8 Å². The second-order valence-electron chi connectivity index (χ2n) is 8.52. The number of hydrogen-bond donors (Lipinski definition) is 2. The summed E-state index contributed by atoms with van der Waals surface area (Å²) in [7, 11) is 0. The van der Waals surface area contributed by atoms with Crippen molar-refractivity contribution in [3.63, 3.8) is 0 Å². The maximum Gasteiger partial charge on any atom is 0.396 e. The molecule has 3 atom stereocenters. The summed E-state index contributed by atoms with van der Waals surface area (Å²) in [4.78, 5) is 7.81. The highest BCUT2D eigenvalue weighted by Gasteiger charge is 2.60. The molecule has 1 aromatic heterocycles. The molecule has 33 heavy (non-hydrogen) atoms. The summed E-state index contributed by atoms with van der Waals surface area (Å²) >= 11 is 5.86. The number of benzene rings is 2. The van der Waals surface area contributed by atoms with Crippen LogP contribution in [0.1, 0.15) is 49.2 Å². The molecule has 4 rings (SSSR count). The van der Waals surface area contributed by atoms with Crippen LogP contribution in [0.4, 0.5) is 32.0 Å². The van der Waals surface area contributed by atoms with Gasteiger partial charge < -0.3 is 10.4 Å². The van der Waals surface area contributed by atoms with Crippen LogP contribution in [0.25, 0.3) is 10.9 Å². The zero-order valence-corrected chi connectivity index (χ0v) is 18.3. The predicted octanol–water partition coefficient (Wildman–Crippen LogP) is 6.94. The molecule has 0 saturated carbocycles. The molecule has 0 amide bonds. The van der Waals surface area contributed by atoms with Gasteiger partial charge in [-0.15, -0.1) is 0 Å². The van der Waals surface area contributed by atoms with Crippen LogP contribution in [0.5, 0.6) is 5.75 Å². The van der Waals surface area contributed by atoms with E-state index in [2.05, 4.69) is 15.3 Å². The van der Waals surface area contributed by atoms with Crippen molar-refractivity contribution in [2.24, 2.45) is 5.41 Å². The third-order valence-corrected chi connectivity index (χ3v) is 6.55. The van der Waals surface area contributed by atoms with Crippen molar-refractivity contribution in [1.82, 2.24) is 9.97 Å². The van der Waals surface area contributed by atoms with Gasteiger partial charge in [-0.25, -0.2) is 23.1 Å². The third-order valence-electron chi connectivity index (χ3n) is 6.27. The van der Waals surface area contributed by atoms with Crippen molar-refractivity contribution in [3.05, 3.63) is 57.8 Å². The zero-order valence-electron chi connectivity index (χ0n) is 17.6. The predicted molar refractivity (Wildman–Crippen MR) is 111 cm³/mol. The van der Waals surface area contributed by atoms with Gasteiger partial charge in [-0.05, 0) is 37.8 Å². The lowest BCUT2D eigenvalue weighted by Crippen LogP contribution is -2.47. The lowest BCUT2D eigenvalue weighted by molar-refractivity contribution is -0.230. The van der Waals surface area contributed by atoms with E-state index in [-0.39, 0.29) is 28.0 Å². The first-order valence-corrected chi connectivity index (χ1v) is 10.3. The number of phenols is 1. The first-order valence-electron chi connectivity index (χ1n) is 9.91. The molecule has 3 aromatic rings. The van der Waals surface area contributed by atoms with Crippen LogP contribution >= 0.6 is 11.6 Å². The molecule has 0 radical (unpaired) electrons. The second-order valence-corrected chi connectivity index (χ2v) is 8.93. The number of aryl methyl sites for hydroxylation is 1. The highest BCUT2D eigenvalue weighted by atomic mass is 35.5. The number of halogens is 7. The Morgan fingerprint density at radius 2 is 1.85 bits per heavy atom. The SMILES string of the molecule is Cc1ncc2c(NC3c4cc(Cl)c(F)c(O)c4[C@H](C)C[C@]3(C)C(F)(F)F)cc(F)c(F)c2n1. The summed E-state index contributed by atoms with van der Waals surface area (Å²) < 4.78 is 86.1. The van der Waals surface area contributed by atoms with Crippen LogP contribution in [0.2, 0.25) is 5.02 Å². The van der Waals surface area contributed by atoms with E-state index in [4.69, 9.17) is 11.6 Å². The van der Waals surface area contributed by atoms with E-state index in [0.717, 1.165) is 19.1 Å². The van der Waals surface area contributed by atoms with E-state index in [9.17, 15) is 31.4 Å². The quantitative estimate of drug-likeness (QED) is 0.383. The first-order chi connectivity index (χ1) is 15.3. The monoisotopic (exact) mass is 489 g/mol. The van der Waals surface area contributed by atoms with Gasteiger partial charge in [-0.2, -0.15) is 13.2 Å². The third kappa shape index (κ3) is 3.55. The van der Waals surface area contributed by atoms with Gasteiger partial charge in [0.15, 0.2) is 23.2 Å². The minimum atomic E-state index is -4.76. The fourth-order valence-corrected chi connectivity index (χ4v) is 4.82. The molecule has 0 bridgehead atoms. The van der Waals surface area contributed by atoms with Crippen molar-refractivity contribution in [2.75, 3.05) is 5.32 Å². The van der Waals surface area contributed by atoms with Crippen LogP contribution < -0.4 is 5.32 Å². The van der Waals surface area contributed by atoms with Gasteiger partial charge in [0.25, 0.3) is 0 Å². The minimum absolute atomic E-state index is 0.0323. The van der Waals surface area contributed by atoms with Crippen molar-refractivity contribution in [2.45, 2.75) is 45.3 Å². The van der Waals surface area contributed by atoms with Crippen molar-refractivity contribution >= 4 is 28.2 Å². The molecule has 11 heteroatoms. The summed E-state index contributed by atoms with van der Waals surface area (Å²) in [6.07, 6.45) is -4.09. The van der Waals surface area contributed by atoms with E-state index in [0.29, 0.717) is 0 Å². The van der Waals surface area contributed by atoms with Crippen LogP contribution in [-0.2, 0) is 0 Å². The Hall–Kier alpha value is -2.75. The highest BCUT2D eigenvalue weighted by molar-refractivity contribution is 6.31. The van der Waals surface area contributed by atoms with Crippen molar-refractivity contribution in [1.29, 1.82) is 0 Å². The summed E-state index contributed by atoms with van der Waals surface area (Å²) in [6.45, 7) is 3.87. The largest absolute Gasteiger partial charge is 0.505 e. The maximum atomic E-state index is 14.4. The number of fused-ring (bicyclic) bond motifs is 2. The number of nitrogens with zero attached hydrogens (tertiary/aromatic N) is 2. The number of alkyl halides is 3. The fourth-order valence-electron chi connectivity index (χ4n) is 4.61. The number of aromatic hydroxyl groups is 1. The average Bonchev–Trinajstić information content (AvgIpc) is 2.71. The lowest BCUT2D eigenvalue weighted by atomic mass is 9.64. The molecule has 1 heterocycles. The van der Waals surface area contributed by atoms with Gasteiger partial charge in [0.2, 0.25) is 0 Å². The molecule has 0 aliphatic heterocycles. The standard InChI is InChI=1S/C22H18ClF6N3O/c1-8-6-21(3,22(27,28)29)20(10-4-12(23)16(25)19(33)15(8)10)32-14-5-13(24)17(26)18-11(14)7-30-9(2)31-18/h4-5,7-8,20,32-33H,6H2,1-3H3/t8-,20?,21+/m1/s1. The van der Waals surface area contributed by atoms with E-state index in [1.807, 2.05) is 0 Å². The zero-order chi connectivity index (χ0) is 24.5. The molecule has 2 N–H and O–H groups in total. The molecular formula is C22H18ClF6N3O. The smallest absolute Gasteiger partial charge is 0.396 e. The summed E-state index contributed by atoms with van der Waals surface area (Å²) in [6, 6.07) is 0.115. The van der Waals surface area contributed by atoms with Crippen LogP contribution in [0.15, 0.2) is 18.3 Å². The number of hydrogen-bond acceptors (Lipinski definition) is 4. The Labute approximate surface area is 189 Å². The molecule has 1 aliphatic carbocycles. The van der Waals surface area contributed by atoms with Gasteiger partial charge in [-0.1, -0.05) is 18.5 Å². The topological polar surface area (TPSA) is 58.0 Å². The van der Waals surface area contributed by atoms with Gasteiger partial charge in [-0.3, -0.25) is 0 Å². The molecule has 1 unspecified atom stereocenters. The normalized spacial score (nSPS) is 23.0. The molecule has 2 aromatic carbocycles. The summed E-state index contributed by atoms with van der Waals surface area (Å²) in [5.41, 5.74) is -3.15. The molecule has 0 saturated heterocycles. The Balaban J connectivity index is 1.99. The minimum Gasteiger partial charge on any atom is -0.505 e. The Bertz CT molecular complexity index is 1280. The van der Waals surface area contributed by atoms with Gasteiger partial charge in [0.1, 0.15) is 11.3 Å². The molecule has 1 aliphatic rings. The first kappa shape index (κ1) is 23.4. The molecule has 4 nitrogen and oxygen atoms in total. The lowest BCUT2D eigenvalue weighted by Gasteiger charge is -2.46. The van der Waals surface area contributed by atoms with E-state index in [1.165, 1.54) is 20.0 Å². The van der Waals surface area contributed by atoms with Gasteiger partial charge in [0.05, 0.1) is 16.5 Å². The van der Waals surface area contributed by atoms with E-state index < -0.39 is 63.7 Å². The number of aromatic nitrogens is 2. The number of nitrogens with one attached hydrogen (secondary N) is 1. The maximum absolute atomic E-state index is 14.4. The highest BCUT2D eigenvalue weighted by Crippen LogP contribution is 2.60. The Morgan fingerprint density at radius 3 is 2.48 bits per heavy atom. The number of anilines is 1. The molecular weight excluding hydrogens is 472 g/mol.